The van der Waals surface area contributed by atoms with E-state index in [0.717, 1.165) is 4.72 Å². The highest BCUT2D eigenvalue weighted by molar-refractivity contribution is 7.84. The summed E-state index contributed by atoms with van der Waals surface area (Å²) in [6, 6.07) is 0. The molecule has 7 N–H and O–H groups in total. The van der Waals surface area contributed by atoms with Crippen molar-refractivity contribution in [3.05, 3.63) is 0 Å². The van der Waals surface area contributed by atoms with Crippen LogP contribution < -0.4 is 4.72 Å². The number of rotatable bonds is 6. The van der Waals surface area contributed by atoms with Gasteiger partial charge in [0.05, 0.1) is 6.61 Å². The van der Waals surface area contributed by atoms with E-state index >= 15 is 0 Å². The van der Waals surface area contributed by atoms with E-state index in [4.69, 9.17) is 30.1 Å². The van der Waals surface area contributed by atoms with Crippen LogP contribution in [0.15, 0.2) is 0 Å². The molecular weight excluding hydrogens is 262 g/mol. The second kappa shape index (κ2) is 6.20. The third-order valence-corrected chi connectivity index (χ3v) is 2.21. The number of hydrogen-bond donors (Lipinski definition) is 7. The molecule has 10 nitrogen and oxygen atoms in total. The summed E-state index contributed by atoms with van der Waals surface area (Å²) in [5, 5.41) is 44.6. The Morgan fingerprint density at radius 3 is 1.94 bits per heavy atom. The van der Waals surface area contributed by atoms with Gasteiger partial charge in [0.15, 0.2) is 6.10 Å². The Hall–Kier alpha value is -0.820. The highest BCUT2D eigenvalue weighted by Crippen LogP contribution is 2.05. The van der Waals surface area contributed by atoms with Gasteiger partial charge in [0.1, 0.15) is 18.3 Å². The first-order valence-electron chi connectivity index (χ1n) is 4.22. The monoisotopic (exact) mass is 275 g/mol. The van der Waals surface area contributed by atoms with Gasteiger partial charge in [0, 0.05) is 0 Å². The van der Waals surface area contributed by atoms with Crippen molar-refractivity contribution in [2.45, 2.75) is 24.4 Å². The van der Waals surface area contributed by atoms with Gasteiger partial charge in [0.2, 0.25) is 0 Å². The highest BCUT2D eigenvalue weighted by atomic mass is 32.2. The predicted molar refractivity (Wildman–Crippen MR) is 50.8 cm³/mol. The highest BCUT2D eigenvalue weighted by Gasteiger charge is 2.35. The van der Waals surface area contributed by atoms with Crippen molar-refractivity contribution < 1.29 is 43.3 Å². The number of carbonyl (C=O) groups excluding carboxylic acids is 1. The van der Waals surface area contributed by atoms with Crippen LogP contribution in [-0.4, -0.2) is 75.4 Å². The Kier molecular flexibility index (Phi) is 5.91. The fourth-order valence-corrected chi connectivity index (χ4v) is 1.24. The molecule has 0 aliphatic rings. The van der Waals surface area contributed by atoms with Gasteiger partial charge in [-0.05, 0) is 0 Å². The minimum absolute atomic E-state index is 0.935. The molecule has 0 saturated heterocycles. The molecule has 0 heterocycles. The number of aliphatic hydroxyl groups excluding tert-OH is 5. The van der Waals surface area contributed by atoms with Crippen molar-refractivity contribution in [1.29, 1.82) is 0 Å². The van der Waals surface area contributed by atoms with Gasteiger partial charge in [0.25, 0.3) is 5.91 Å². The number of nitrogens with one attached hydrogen (secondary N) is 1. The summed E-state index contributed by atoms with van der Waals surface area (Å²) >= 11 is 0. The van der Waals surface area contributed by atoms with Crippen molar-refractivity contribution in [1.82, 2.24) is 4.72 Å². The molecule has 0 aromatic carbocycles. The van der Waals surface area contributed by atoms with E-state index in [0.29, 0.717) is 0 Å². The maximum Gasteiger partial charge on any atom is 0.359 e. The summed E-state index contributed by atoms with van der Waals surface area (Å²) in [7, 11) is -4.92. The Morgan fingerprint density at radius 2 is 1.59 bits per heavy atom. The second-order valence-electron chi connectivity index (χ2n) is 3.12. The third-order valence-electron chi connectivity index (χ3n) is 1.75. The largest absolute Gasteiger partial charge is 0.394 e. The van der Waals surface area contributed by atoms with E-state index in [-0.39, 0.29) is 0 Å². The van der Waals surface area contributed by atoms with Gasteiger partial charge in [-0.3, -0.25) is 9.35 Å². The number of aliphatic hydroxyl groups is 5. The molecule has 102 valence electrons. The van der Waals surface area contributed by atoms with Crippen molar-refractivity contribution in [2.75, 3.05) is 6.61 Å². The molecule has 0 aliphatic heterocycles. The van der Waals surface area contributed by atoms with E-state index in [1.54, 1.807) is 0 Å². The van der Waals surface area contributed by atoms with Gasteiger partial charge in [-0.25, -0.2) is 4.72 Å². The van der Waals surface area contributed by atoms with E-state index in [9.17, 15) is 13.2 Å². The maximum absolute atomic E-state index is 10.9. The lowest BCUT2D eigenvalue weighted by atomic mass is 10.0. The molecule has 0 rings (SSSR count). The first-order chi connectivity index (χ1) is 7.60. The number of hydrogen-bond acceptors (Lipinski definition) is 8. The molecule has 4 atom stereocenters. The van der Waals surface area contributed by atoms with E-state index in [1.165, 1.54) is 0 Å². The van der Waals surface area contributed by atoms with Crippen LogP contribution in [0.5, 0.6) is 0 Å². The van der Waals surface area contributed by atoms with Crippen LogP contribution in [0.3, 0.4) is 0 Å². The molecule has 0 bridgehead atoms. The molecule has 1 amide bonds. The zero-order chi connectivity index (χ0) is 13.8. The first-order valence-corrected chi connectivity index (χ1v) is 5.66. The molecule has 0 spiro atoms. The SMILES string of the molecule is O=C(NS(=O)(=O)O)[C@H](O)[C@@H](O)[C@H](O)[C@H](O)CO. The third kappa shape index (κ3) is 5.36. The van der Waals surface area contributed by atoms with Gasteiger partial charge in [-0.15, -0.1) is 0 Å². The Morgan fingerprint density at radius 1 is 1.12 bits per heavy atom. The van der Waals surface area contributed by atoms with E-state index in [1.807, 2.05) is 0 Å². The summed E-state index contributed by atoms with van der Waals surface area (Å²) < 4.78 is 29.6. The van der Waals surface area contributed by atoms with Crippen molar-refractivity contribution in [3.63, 3.8) is 0 Å². The molecule has 11 heteroatoms. The fraction of sp³-hybridized carbons (Fsp3) is 0.833. The van der Waals surface area contributed by atoms with Crippen molar-refractivity contribution in [3.8, 4) is 0 Å². The van der Waals surface area contributed by atoms with Gasteiger partial charge < -0.3 is 25.5 Å². The molecule has 17 heavy (non-hydrogen) atoms. The number of carbonyl (C=O) groups is 1. The maximum atomic E-state index is 10.9. The van der Waals surface area contributed by atoms with Crippen molar-refractivity contribution in [2.24, 2.45) is 0 Å². The molecular formula is C6H13NO9S. The van der Waals surface area contributed by atoms with Crippen LogP contribution in [-0.2, 0) is 15.1 Å². The predicted octanol–water partition coefficient (Wildman–Crippen LogP) is -4.66. The zero-order valence-electron chi connectivity index (χ0n) is 8.33. The first kappa shape index (κ1) is 16.2. The normalized spacial score (nSPS) is 19.2. The Labute approximate surface area is 96.0 Å². The van der Waals surface area contributed by atoms with Gasteiger partial charge in [-0.1, -0.05) is 0 Å². The van der Waals surface area contributed by atoms with Crippen LogP contribution in [0.1, 0.15) is 0 Å². The molecule has 0 saturated carbocycles. The molecule has 0 fully saturated rings. The topological polar surface area (TPSA) is 185 Å². The lowest BCUT2D eigenvalue weighted by molar-refractivity contribution is -0.147. The van der Waals surface area contributed by atoms with Gasteiger partial charge in [-0.2, -0.15) is 8.42 Å². The van der Waals surface area contributed by atoms with Crippen molar-refractivity contribution >= 4 is 16.2 Å². The van der Waals surface area contributed by atoms with Crippen LogP contribution in [0.25, 0.3) is 0 Å². The minimum atomic E-state index is -4.92. The van der Waals surface area contributed by atoms with Crippen LogP contribution in [0, 0.1) is 0 Å². The van der Waals surface area contributed by atoms with E-state index in [2.05, 4.69) is 0 Å². The molecule has 0 aromatic heterocycles. The molecule has 0 radical (unpaired) electrons. The summed E-state index contributed by atoms with van der Waals surface area (Å²) in [6.07, 6.45) is -8.59. The average Bonchev–Trinajstić information content (AvgIpc) is 2.22. The van der Waals surface area contributed by atoms with Crippen LogP contribution in [0.4, 0.5) is 0 Å². The summed E-state index contributed by atoms with van der Waals surface area (Å²) in [4.78, 5) is 10.9. The smallest absolute Gasteiger partial charge is 0.359 e. The summed E-state index contributed by atoms with van der Waals surface area (Å²) in [5.74, 6) is -1.70. The van der Waals surface area contributed by atoms with Crippen LogP contribution in [0.2, 0.25) is 0 Å². The second-order valence-corrected chi connectivity index (χ2v) is 4.27. The molecule has 0 unspecified atom stereocenters. The lowest BCUT2D eigenvalue weighted by Crippen LogP contribution is -2.52. The van der Waals surface area contributed by atoms with E-state index < -0.39 is 47.2 Å². The quantitative estimate of drug-likeness (QED) is 0.234. The van der Waals surface area contributed by atoms with Gasteiger partial charge >= 0.3 is 10.3 Å². The molecule has 0 aliphatic carbocycles. The summed E-state index contributed by atoms with van der Waals surface area (Å²) in [5.41, 5.74) is 0. The molecule has 0 aromatic rings. The summed E-state index contributed by atoms with van der Waals surface area (Å²) in [6.45, 7) is -0.954. The number of amides is 1. The lowest BCUT2D eigenvalue weighted by Gasteiger charge is -2.24. The van der Waals surface area contributed by atoms with Crippen LogP contribution >= 0.6 is 0 Å². The Balaban J connectivity index is 4.59. The minimum Gasteiger partial charge on any atom is -0.394 e. The fourth-order valence-electron chi connectivity index (χ4n) is 0.865. The Bertz CT molecular complexity index is 354. The average molecular weight is 275 g/mol. The zero-order valence-corrected chi connectivity index (χ0v) is 9.15. The standard InChI is InChI=1S/C6H13NO9S/c8-1-2(9)3(10)4(11)5(12)6(13)7-17(14,15)16/h2-5,8-12H,1H2,(H,7,13)(H,14,15,16)/t2-,3-,4+,5-/m1/s1.